The molecule has 2 aliphatic rings. The van der Waals surface area contributed by atoms with Crippen LogP contribution >= 0.6 is 11.6 Å². The highest BCUT2D eigenvalue weighted by molar-refractivity contribution is 6.32. The van der Waals surface area contributed by atoms with Gasteiger partial charge in [0.15, 0.2) is 0 Å². The number of rotatable bonds is 8. The molecule has 2 aliphatic carbocycles. The number of nitrogens with two attached hydrogens (primary N) is 2. The van der Waals surface area contributed by atoms with E-state index in [0.29, 0.717) is 22.8 Å². The molecular formula is C24H36ClN5. The van der Waals surface area contributed by atoms with E-state index in [-0.39, 0.29) is 0 Å². The predicted octanol–water partition coefficient (Wildman–Crippen LogP) is 4.96. The van der Waals surface area contributed by atoms with Gasteiger partial charge in [-0.2, -0.15) is 0 Å². The molecule has 0 bridgehead atoms. The van der Waals surface area contributed by atoms with Crippen LogP contribution in [-0.4, -0.2) is 23.6 Å². The number of halogens is 1. The van der Waals surface area contributed by atoms with Crippen molar-refractivity contribution in [1.29, 1.82) is 0 Å². The standard InChI is InChI=1S/C24H36ClN5/c1-17(28-15-18-7-3-2-4-8-18)6-5-9-23(27)21-14-24(29-16-22(21)25)30-20-12-10-19(26)11-13-20/h5-6,9,14,16,18-20,28H,1-4,7-8,10-13,15,26-27H2,(H,29,30)/b6-5-,23-9-/t19-,20-. The van der Waals surface area contributed by atoms with Gasteiger partial charge in [0.2, 0.25) is 0 Å². The molecule has 0 aliphatic heterocycles. The summed E-state index contributed by atoms with van der Waals surface area (Å²) in [7, 11) is 0. The SMILES string of the molecule is C=C(/C=C\C=C(/N)c1cc(N[C@H]2CC[C@H](N)CC2)ncc1Cl)NCC1CCCCC1. The monoisotopic (exact) mass is 429 g/mol. The maximum Gasteiger partial charge on any atom is 0.126 e. The van der Waals surface area contributed by atoms with Crippen molar-refractivity contribution in [2.45, 2.75) is 69.9 Å². The van der Waals surface area contributed by atoms with Crippen molar-refractivity contribution < 1.29 is 0 Å². The molecule has 0 radical (unpaired) electrons. The van der Waals surface area contributed by atoms with Crippen molar-refractivity contribution >= 4 is 23.1 Å². The third-order valence-electron chi connectivity index (χ3n) is 6.21. The summed E-state index contributed by atoms with van der Waals surface area (Å²) in [6.07, 6.45) is 18.3. The average molecular weight is 430 g/mol. The summed E-state index contributed by atoms with van der Waals surface area (Å²) >= 11 is 6.35. The second-order valence-corrected chi connectivity index (χ2v) is 9.10. The Morgan fingerprint density at radius 2 is 1.90 bits per heavy atom. The van der Waals surface area contributed by atoms with E-state index in [1.807, 2.05) is 24.3 Å². The Bertz CT molecular complexity index is 759. The highest BCUT2D eigenvalue weighted by atomic mass is 35.5. The number of aromatic nitrogens is 1. The normalized spacial score (nSPS) is 23.5. The van der Waals surface area contributed by atoms with Gasteiger partial charge >= 0.3 is 0 Å². The van der Waals surface area contributed by atoms with Crippen molar-refractivity contribution in [1.82, 2.24) is 10.3 Å². The predicted molar refractivity (Wildman–Crippen MR) is 128 cm³/mol. The quantitative estimate of drug-likeness (QED) is 0.439. The first-order chi connectivity index (χ1) is 14.5. The average Bonchev–Trinajstić information content (AvgIpc) is 2.76. The highest BCUT2D eigenvalue weighted by Gasteiger charge is 2.19. The zero-order valence-electron chi connectivity index (χ0n) is 17.9. The van der Waals surface area contributed by atoms with Gasteiger partial charge in [0.05, 0.1) is 5.02 Å². The lowest BCUT2D eigenvalue weighted by Crippen LogP contribution is -2.33. The molecule has 164 valence electrons. The number of allylic oxidation sites excluding steroid dienone is 3. The number of nitrogens with zero attached hydrogens (tertiary/aromatic N) is 1. The van der Waals surface area contributed by atoms with E-state index in [4.69, 9.17) is 23.1 Å². The number of pyridine rings is 1. The van der Waals surface area contributed by atoms with Crippen LogP contribution in [0.15, 0.2) is 42.8 Å². The minimum absolute atomic E-state index is 0.328. The van der Waals surface area contributed by atoms with E-state index in [0.717, 1.165) is 55.2 Å². The number of hydrogen-bond donors (Lipinski definition) is 4. The van der Waals surface area contributed by atoms with Crippen LogP contribution in [0.25, 0.3) is 5.70 Å². The first-order valence-corrected chi connectivity index (χ1v) is 11.6. The van der Waals surface area contributed by atoms with E-state index >= 15 is 0 Å². The van der Waals surface area contributed by atoms with Crippen molar-refractivity contribution in [3.63, 3.8) is 0 Å². The van der Waals surface area contributed by atoms with Crippen LogP contribution in [0.1, 0.15) is 63.4 Å². The molecule has 6 N–H and O–H groups in total. The van der Waals surface area contributed by atoms with Crippen LogP contribution in [0.2, 0.25) is 5.02 Å². The fourth-order valence-electron chi connectivity index (χ4n) is 4.29. The molecule has 2 fully saturated rings. The van der Waals surface area contributed by atoms with Gasteiger partial charge in [0.1, 0.15) is 5.82 Å². The lowest BCUT2D eigenvalue weighted by molar-refractivity contribution is 0.352. The molecule has 2 saturated carbocycles. The van der Waals surface area contributed by atoms with Crippen LogP contribution < -0.4 is 22.1 Å². The lowest BCUT2D eigenvalue weighted by atomic mass is 9.89. The number of hydrogen-bond acceptors (Lipinski definition) is 5. The molecule has 3 rings (SSSR count). The van der Waals surface area contributed by atoms with Gasteiger partial charge in [-0.15, -0.1) is 0 Å². The van der Waals surface area contributed by atoms with Crippen LogP contribution in [0.4, 0.5) is 5.82 Å². The van der Waals surface area contributed by atoms with Gasteiger partial charge < -0.3 is 22.1 Å². The Balaban J connectivity index is 1.53. The third kappa shape index (κ3) is 7.06. The summed E-state index contributed by atoms with van der Waals surface area (Å²) in [6, 6.07) is 2.65. The van der Waals surface area contributed by atoms with E-state index in [1.54, 1.807) is 6.20 Å². The van der Waals surface area contributed by atoms with E-state index in [9.17, 15) is 0 Å². The Morgan fingerprint density at radius 3 is 2.63 bits per heavy atom. The van der Waals surface area contributed by atoms with Gasteiger partial charge in [-0.05, 0) is 62.7 Å². The first-order valence-electron chi connectivity index (χ1n) is 11.3. The summed E-state index contributed by atoms with van der Waals surface area (Å²) in [5, 5.41) is 7.47. The largest absolute Gasteiger partial charge is 0.398 e. The molecule has 0 saturated heterocycles. The molecular weight excluding hydrogens is 394 g/mol. The molecule has 0 unspecified atom stereocenters. The van der Waals surface area contributed by atoms with Gasteiger partial charge in [0.25, 0.3) is 0 Å². The molecule has 1 aromatic rings. The zero-order chi connectivity index (χ0) is 21.3. The van der Waals surface area contributed by atoms with E-state index in [1.165, 1.54) is 32.1 Å². The Morgan fingerprint density at radius 1 is 1.17 bits per heavy atom. The fourth-order valence-corrected chi connectivity index (χ4v) is 4.51. The van der Waals surface area contributed by atoms with Crippen LogP contribution in [0, 0.1) is 5.92 Å². The Kier molecular flexibility index (Phi) is 8.64. The minimum atomic E-state index is 0.328. The summed E-state index contributed by atoms with van der Waals surface area (Å²) < 4.78 is 0. The molecule has 5 nitrogen and oxygen atoms in total. The van der Waals surface area contributed by atoms with E-state index in [2.05, 4.69) is 22.2 Å². The van der Waals surface area contributed by atoms with Crippen molar-refractivity contribution in [2.24, 2.45) is 17.4 Å². The van der Waals surface area contributed by atoms with Crippen LogP contribution in [-0.2, 0) is 0 Å². The lowest BCUT2D eigenvalue weighted by Gasteiger charge is -2.27. The molecule has 1 aromatic heterocycles. The van der Waals surface area contributed by atoms with Gasteiger partial charge in [-0.1, -0.05) is 43.5 Å². The summed E-state index contributed by atoms with van der Waals surface area (Å²) in [4.78, 5) is 4.41. The second-order valence-electron chi connectivity index (χ2n) is 8.70. The minimum Gasteiger partial charge on any atom is -0.398 e. The first kappa shape index (κ1) is 22.7. The Hall–Kier alpha value is -1.98. The van der Waals surface area contributed by atoms with Gasteiger partial charge in [0, 0.05) is 41.8 Å². The molecule has 30 heavy (non-hydrogen) atoms. The van der Waals surface area contributed by atoms with Crippen LogP contribution in [0.3, 0.4) is 0 Å². The fraction of sp³-hybridized carbons (Fsp3) is 0.542. The summed E-state index contributed by atoms with van der Waals surface area (Å²) in [6.45, 7) is 5.09. The van der Waals surface area contributed by atoms with Crippen molar-refractivity contribution in [3.8, 4) is 0 Å². The van der Waals surface area contributed by atoms with E-state index < -0.39 is 0 Å². The maximum atomic E-state index is 6.35. The van der Waals surface area contributed by atoms with Gasteiger partial charge in [-0.3, -0.25) is 0 Å². The highest BCUT2D eigenvalue weighted by Crippen LogP contribution is 2.26. The molecule has 6 heteroatoms. The van der Waals surface area contributed by atoms with Crippen molar-refractivity contribution in [2.75, 3.05) is 11.9 Å². The molecule has 1 heterocycles. The second kappa shape index (κ2) is 11.4. The molecule has 0 amide bonds. The smallest absolute Gasteiger partial charge is 0.126 e. The molecule has 0 atom stereocenters. The topological polar surface area (TPSA) is 89.0 Å². The Labute approximate surface area is 186 Å². The van der Waals surface area contributed by atoms with Crippen molar-refractivity contribution in [3.05, 3.63) is 53.4 Å². The summed E-state index contributed by atoms with van der Waals surface area (Å²) in [5.41, 5.74) is 14.6. The van der Waals surface area contributed by atoms with Gasteiger partial charge in [-0.25, -0.2) is 4.98 Å². The third-order valence-corrected chi connectivity index (χ3v) is 6.51. The molecule has 0 aromatic carbocycles. The number of nitrogens with one attached hydrogen (secondary N) is 2. The van der Waals surface area contributed by atoms with Crippen LogP contribution in [0.5, 0.6) is 0 Å². The summed E-state index contributed by atoms with van der Waals surface area (Å²) in [5.74, 6) is 1.57. The zero-order valence-corrected chi connectivity index (χ0v) is 18.6. The maximum absolute atomic E-state index is 6.35. The number of anilines is 1. The molecule has 0 spiro atoms.